The van der Waals surface area contributed by atoms with Crippen LogP contribution in [0.3, 0.4) is 0 Å². The summed E-state index contributed by atoms with van der Waals surface area (Å²) in [5.74, 6) is 0.641. The first-order valence-electron chi connectivity index (χ1n) is 6.93. The Bertz CT molecular complexity index is 623. The standard InChI is InChI=1S/C16H16BrFN2O/c17-15-9-19-6-4-16(15)21-14-5-7-20(11-14)10-12-2-1-3-13(18)8-12/h1-4,6,8-9,14H,5,7,10-11H2. The Morgan fingerprint density at radius 3 is 3.10 bits per heavy atom. The van der Waals surface area contributed by atoms with Gasteiger partial charge in [0.2, 0.25) is 0 Å². The maximum atomic E-state index is 13.2. The van der Waals surface area contributed by atoms with E-state index in [-0.39, 0.29) is 11.9 Å². The molecule has 0 aliphatic carbocycles. The Kier molecular flexibility index (Phi) is 4.51. The second-order valence-electron chi connectivity index (χ2n) is 5.20. The highest BCUT2D eigenvalue weighted by Crippen LogP contribution is 2.26. The summed E-state index contributed by atoms with van der Waals surface area (Å²) >= 11 is 3.44. The molecular weight excluding hydrogens is 335 g/mol. The third kappa shape index (κ3) is 3.80. The third-order valence-electron chi connectivity index (χ3n) is 3.55. The molecule has 21 heavy (non-hydrogen) atoms. The molecule has 1 aromatic heterocycles. The van der Waals surface area contributed by atoms with Crippen molar-refractivity contribution in [3.8, 4) is 5.75 Å². The second kappa shape index (κ2) is 6.54. The predicted octanol–water partition coefficient (Wildman–Crippen LogP) is 3.64. The molecule has 1 fully saturated rings. The summed E-state index contributed by atoms with van der Waals surface area (Å²) in [7, 11) is 0. The lowest BCUT2D eigenvalue weighted by Crippen LogP contribution is -2.24. The van der Waals surface area contributed by atoms with Gasteiger partial charge in [0.1, 0.15) is 17.7 Å². The number of ether oxygens (including phenoxy) is 1. The molecule has 1 saturated heterocycles. The molecule has 0 spiro atoms. The summed E-state index contributed by atoms with van der Waals surface area (Å²) in [4.78, 5) is 6.31. The number of benzene rings is 1. The number of hydrogen-bond acceptors (Lipinski definition) is 3. The van der Waals surface area contributed by atoms with Crippen LogP contribution in [-0.2, 0) is 6.54 Å². The van der Waals surface area contributed by atoms with E-state index in [1.165, 1.54) is 6.07 Å². The number of nitrogens with zero attached hydrogens (tertiary/aromatic N) is 2. The van der Waals surface area contributed by atoms with E-state index in [9.17, 15) is 4.39 Å². The number of hydrogen-bond donors (Lipinski definition) is 0. The van der Waals surface area contributed by atoms with E-state index in [1.54, 1.807) is 24.5 Å². The zero-order chi connectivity index (χ0) is 14.7. The van der Waals surface area contributed by atoms with Gasteiger partial charge >= 0.3 is 0 Å². The lowest BCUT2D eigenvalue weighted by Gasteiger charge is -2.17. The third-order valence-corrected chi connectivity index (χ3v) is 4.15. The first kappa shape index (κ1) is 14.5. The fraction of sp³-hybridized carbons (Fsp3) is 0.312. The Morgan fingerprint density at radius 2 is 2.29 bits per heavy atom. The van der Waals surface area contributed by atoms with Gasteiger partial charge in [-0.15, -0.1) is 0 Å². The number of aromatic nitrogens is 1. The van der Waals surface area contributed by atoms with Crippen molar-refractivity contribution in [2.24, 2.45) is 0 Å². The number of rotatable bonds is 4. The van der Waals surface area contributed by atoms with Gasteiger partial charge in [0.25, 0.3) is 0 Å². The maximum Gasteiger partial charge on any atom is 0.137 e. The van der Waals surface area contributed by atoms with Crippen LogP contribution in [0.4, 0.5) is 4.39 Å². The highest BCUT2D eigenvalue weighted by atomic mass is 79.9. The summed E-state index contributed by atoms with van der Waals surface area (Å²) < 4.78 is 20.1. The van der Waals surface area contributed by atoms with E-state index in [0.29, 0.717) is 0 Å². The normalized spacial score (nSPS) is 18.9. The quantitative estimate of drug-likeness (QED) is 0.841. The maximum absolute atomic E-state index is 13.2. The van der Waals surface area contributed by atoms with E-state index >= 15 is 0 Å². The van der Waals surface area contributed by atoms with Crippen LogP contribution < -0.4 is 4.74 Å². The van der Waals surface area contributed by atoms with Crippen molar-refractivity contribution in [2.75, 3.05) is 13.1 Å². The molecule has 1 atom stereocenters. The van der Waals surface area contributed by atoms with Crippen molar-refractivity contribution in [3.63, 3.8) is 0 Å². The monoisotopic (exact) mass is 350 g/mol. The van der Waals surface area contributed by atoms with Crippen LogP contribution in [0, 0.1) is 5.82 Å². The van der Waals surface area contributed by atoms with E-state index in [4.69, 9.17) is 4.74 Å². The molecule has 110 valence electrons. The van der Waals surface area contributed by atoms with E-state index in [0.717, 1.165) is 41.8 Å². The molecule has 2 aromatic rings. The molecule has 1 aliphatic heterocycles. The zero-order valence-corrected chi connectivity index (χ0v) is 13.1. The van der Waals surface area contributed by atoms with Gasteiger partial charge in [0.05, 0.1) is 4.47 Å². The number of likely N-dealkylation sites (tertiary alicyclic amines) is 1. The molecule has 1 aromatic carbocycles. The van der Waals surface area contributed by atoms with Gasteiger partial charge in [-0.2, -0.15) is 0 Å². The van der Waals surface area contributed by atoms with Crippen LogP contribution in [-0.4, -0.2) is 29.1 Å². The molecule has 5 heteroatoms. The highest BCUT2D eigenvalue weighted by Gasteiger charge is 2.24. The second-order valence-corrected chi connectivity index (χ2v) is 6.05. The van der Waals surface area contributed by atoms with Gasteiger partial charge in [-0.25, -0.2) is 4.39 Å². The van der Waals surface area contributed by atoms with Crippen LogP contribution in [0.5, 0.6) is 5.75 Å². The van der Waals surface area contributed by atoms with E-state index in [1.807, 2.05) is 12.1 Å². The molecule has 0 N–H and O–H groups in total. The van der Waals surface area contributed by atoms with Crippen molar-refractivity contribution in [2.45, 2.75) is 19.1 Å². The summed E-state index contributed by atoms with van der Waals surface area (Å²) in [6, 6.07) is 8.63. The lowest BCUT2D eigenvalue weighted by atomic mass is 10.2. The molecule has 1 aliphatic rings. The van der Waals surface area contributed by atoms with Gasteiger partial charge in [-0.05, 0) is 46.1 Å². The van der Waals surface area contributed by atoms with Crippen LogP contribution >= 0.6 is 15.9 Å². The van der Waals surface area contributed by atoms with E-state index < -0.39 is 0 Å². The van der Waals surface area contributed by atoms with Crippen molar-refractivity contribution >= 4 is 15.9 Å². The van der Waals surface area contributed by atoms with Crippen molar-refractivity contribution < 1.29 is 9.13 Å². The van der Waals surface area contributed by atoms with Crippen LogP contribution in [0.25, 0.3) is 0 Å². The molecule has 2 heterocycles. The molecule has 0 bridgehead atoms. The van der Waals surface area contributed by atoms with E-state index in [2.05, 4.69) is 25.8 Å². The minimum atomic E-state index is -0.180. The van der Waals surface area contributed by atoms with Gasteiger partial charge in [-0.1, -0.05) is 12.1 Å². The van der Waals surface area contributed by atoms with Gasteiger partial charge in [0, 0.05) is 32.0 Å². The lowest BCUT2D eigenvalue weighted by molar-refractivity contribution is 0.197. The Hall–Kier alpha value is -1.46. The molecule has 0 saturated carbocycles. The number of halogens is 2. The predicted molar refractivity (Wildman–Crippen MR) is 82.6 cm³/mol. The largest absolute Gasteiger partial charge is 0.488 e. The number of pyridine rings is 1. The molecule has 0 radical (unpaired) electrons. The summed E-state index contributed by atoms with van der Waals surface area (Å²) in [6.07, 6.45) is 4.59. The van der Waals surface area contributed by atoms with Gasteiger partial charge in [-0.3, -0.25) is 9.88 Å². The van der Waals surface area contributed by atoms with Gasteiger partial charge in [0.15, 0.2) is 0 Å². The Morgan fingerprint density at radius 1 is 1.38 bits per heavy atom. The smallest absolute Gasteiger partial charge is 0.137 e. The average molecular weight is 351 g/mol. The SMILES string of the molecule is Fc1cccc(CN2CCC(Oc3ccncc3Br)C2)c1. The minimum Gasteiger partial charge on any atom is -0.488 e. The van der Waals surface area contributed by atoms with Crippen LogP contribution in [0.2, 0.25) is 0 Å². The first-order valence-corrected chi connectivity index (χ1v) is 7.73. The van der Waals surface area contributed by atoms with Gasteiger partial charge < -0.3 is 4.74 Å². The zero-order valence-electron chi connectivity index (χ0n) is 11.5. The molecule has 1 unspecified atom stereocenters. The average Bonchev–Trinajstić information content (AvgIpc) is 2.89. The first-order chi connectivity index (χ1) is 10.2. The summed E-state index contributed by atoms with van der Waals surface area (Å²) in [6.45, 7) is 2.57. The fourth-order valence-corrected chi connectivity index (χ4v) is 2.91. The fourth-order valence-electron chi connectivity index (χ4n) is 2.57. The van der Waals surface area contributed by atoms with Crippen LogP contribution in [0.1, 0.15) is 12.0 Å². The summed E-state index contributed by atoms with van der Waals surface area (Å²) in [5.41, 5.74) is 1.00. The Labute approximate surface area is 131 Å². The highest BCUT2D eigenvalue weighted by molar-refractivity contribution is 9.10. The minimum absolute atomic E-state index is 0.164. The van der Waals surface area contributed by atoms with Crippen LogP contribution in [0.15, 0.2) is 47.2 Å². The molecular formula is C16H16BrFN2O. The van der Waals surface area contributed by atoms with Crippen molar-refractivity contribution in [3.05, 3.63) is 58.6 Å². The topological polar surface area (TPSA) is 25.4 Å². The van der Waals surface area contributed by atoms with Crippen molar-refractivity contribution in [1.29, 1.82) is 0 Å². The van der Waals surface area contributed by atoms with Crippen molar-refractivity contribution in [1.82, 2.24) is 9.88 Å². The Balaban J connectivity index is 1.57. The molecule has 3 nitrogen and oxygen atoms in total. The molecule has 0 amide bonds. The summed E-state index contributed by atoms with van der Waals surface area (Å²) in [5, 5.41) is 0. The molecule has 3 rings (SSSR count).